The molecule has 0 radical (unpaired) electrons. The molecule has 2 rings (SSSR count). The molecule has 2 aromatic rings. The molecule has 1 aromatic carbocycles. The number of hydrogen-bond acceptors (Lipinski definition) is 2. The highest BCUT2D eigenvalue weighted by molar-refractivity contribution is 6.33. The Labute approximate surface area is 91.5 Å². The van der Waals surface area contributed by atoms with Crippen LogP contribution in [0.2, 0.25) is 5.02 Å². The van der Waals surface area contributed by atoms with E-state index in [-0.39, 0.29) is 5.69 Å². The van der Waals surface area contributed by atoms with Crippen LogP contribution in [0.4, 0.5) is 10.1 Å². The highest BCUT2D eigenvalue weighted by Crippen LogP contribution is 2.29. The highest BCUT2D eigenvalue weighted by Gasteiger charge is 2.11. The lowest BCUT2D eigenvalue weighted by Crippen LogP contribution is -1.94. The monoisotopic (exact) mass is 222 g/mol. The van der Waals surface area contributed by atoms with E-state index in [1.807, 2.05) is 0 Å². The van der Waals surface area contributed by atoms with Gasteiger partial charge >= 0.3 is 0 Å². The number of anilines is 1. The molecule has 0 aliphatic heterocycles. The summed E-state index contributed by atoms with van der Waals surface area (Å²) in [7, 11) is 0. The number of rotatable bonds is 1. The fourth-order valence-corrected chi connectivity index (χ4v) is 1.54. The molecule has 0 atom stereocenters. The van der Waals surface area contributed by atoms with Crippen molar-refractivity contribution in [2.75, 3.05) is 5.73 Å². The number of pyridine rings is 1. The second-order valence-corrected chi connectivity index (χ2v) is 3.45. The zero-order valence-corrected chi connectivity index (χ0v) is 8.50. The van der Waals surface area contributed by atoms with Gasteiger partial charge in [-0.15, -0.1) is 0 Å². The van der Waals surface area contributed by atoms with E-state index < -0.39 is 5.82 Å². The normalized spacial score (nSPS) is 10.3. The minimum atomic E-state index is -0.488. The molecule has 1 heterocycles. The minimum absolute atomic E-state index is 0.0919. The van der Waals surface area contributed by atoms with E-state index in [0.717, 1.165) is 0 Å². The number of aromatic nitrogens is 1. The second kappa shape index (κ2) is 3.87. The topological polar surface area (TPSA) is 38.9 Å². The van der Waals surface area contributed by atoms with Crippen LogP contribution in [-0.4, -0.2) is 4.98 Å². The van der Waals surface area contributed by atoms with Crippen LogP contribution in [0.5, 0.6) is 0 Å². The lowest BCUT2D eigenvalue weighted by atomic mass is 10.1. The average Bonchev–Trinajstić information content (AvgIpc) is 2.23. The predicted molar refractivity (Wildman–Crippen MR) is 59.1 cm³/mol. The first-order chi connectivity index (χ1) is 7.20. The number of benzene rings is 1. The molecular formula is C11H8ClFN2. The molecule has 0 amide bonds. The molecule has 1 aromatic heterocycles. The Bertz CT molecular complexity index is 500. The molecule has 0 aliphatic rings. The molecule has 15 heavy (non-hydrogen) atoms. The van der Waals surface area contributed by atoms with Crippen molar-refractivity contribution < 1.29 is 4.39 Å². The number of hydrogen-bond donors (Lipinski definition) is 1. The van der Waals surface area contributed by atoms with E-state index in [0.29, 0.717) is 16.3 Å². The maximum absolute atomic E-state index is 13.6. The maximum atomic E-state index is 13.6. The SMILES string of the molecule is Nc1cccc(-c2ncccc2Cl)c1F. The fourth-order valence-electron chi connectivity index (χ4n) is 1.32. The Morgan fingerprint density at radius 2 is 2.00 bits per heavy atom. The van der Waals surface area contributed by atoms with Crippen LogP contribution in [0.3, 0.4) is 0 Å². The van der Waals surface area contributed by atoms with Gasteiger partial charge < -0.3 is 5.73 Å². The van der Waals surface area contributed by atoms with E-state index in [4.69, 9.17) is 17.3 Å². The molecule has 2 nitrogen and oxygen atoms in total. The van der Waals surface area contributed by atoms with Crippen molar-refractivity contribution in [2.24, 2.45) is 0 Å². The quantitative estimate of drug-likeness (QED) is 0.753. The summed E-state index contributed by atoms with van der Waals surface area (Å²) in [6.07, 6.45) is 1.56. The summed E-state index contributed by atoms with van der Waals surface area (Å²) >= 11 is 5.91. The van der Waals surface area contributed by atoms with Gasteiger partial charge in [-0.05, 0) is 24.3 Å². The van der Waals surface area contributed by atoms with E-state index in [1.54, 1.807) is 30.5 Å². The second-order valence-electron chi connectivity index (χ2n) is 3.04. The summed E-state index contributed by atoms with van der Waals surface area (Å²) in [4.78, 5) is 4.02. The largest absolute Gasteiger partial charge is 0.396 e. The van der Waals surface area contributed by atoms with Crippen molar-refractivity contribution in [1.82, 2.24) is 4.98 Å². The first kappa shape index (κ1) is 9.93. The van der Waals surface area contributed by atoms with Crippen LogP contribution >= 0.6 is 11.6 Å². The summed E-state index contributed by atoms with van der Waals surface area (Å²) in [5.74, 6) is -0.488. The summed E-state index contributed by atoms with van der Waals surface area (Å²) < 4.78 is 13.6. The number of nitrogens with zero attached hydrogens (tertiary/aromatic N) is 1. The van der Waals surface area contributed by atoms with Crippen molar-refractivity contribution in [1.29, 1.82) is 0 Å². The van der Waals surface area contributed by atoms with Gasteiger partial charge in [0.1, 0.15) is 0 Å². The third kappa shape index (κ3) is 1.78. The van der Waals surface area contributed by atoms with E-state index >= 15 is 0 Å². The number of halogens is 2. The summed E-state index contributed by atoms with van der Waals surface area (Å²) in [6, 6.07) is 8.11. The standard InChI is InChI=1S/C11H8ClFN2/c12-8-4-2-6-15-11(8)7-3-1-5-9(14)10(7)13/h1-6H,14H2. The Hall–Kier alpha value is -1.61. The molecule has 0 spiro atoms. The first-order valence-corrected chi connectivity index (χ1v) is 4.73. The molecule has 0 bridgehead atoms. The van der Waals surface area contributed by atoms with Gasteiger partial charge in [-0.2, -0.15) is 0 Å². The third-order valence-electron chi connectivity index (χ3n) is 2.04. The summed E-state index contributed by atoms with van der Waals surface area (Å²) in [5.41, 5.74) is 6.28. The molecule has 0 unspecified atom stereocenters. The highest BCUT2D eigenvalue weighted by atomic mass is 35.5. The molecule has 0 saturated carbocycles. The maximum Gasteiger partial charge on any atom is 0.155 e. The molecule has 0 saturated heterocycles. The first-order valence-electron chi connectivity index (χ1n) is 4.35. The Kier molecular flexibility index (Phi) is 2.56. The van der Waals surface area contributed by atoms with Crippen molar-refractivity contribution in [3.05, 3.63) is 47.4 Å². The third-order valence-corrected chi connectivity index (χ3v) is 2.35. The van der Waals surface area contributed by atoms with Gasteiger partial charge in [0.25, 0.3) is 0 Å². The fraction of sp³-hybridized carbons (Fsp3) is 0. The predicted octanol–water partition coefficient (Wildman–Crippen LogP) is 3.12. The Balaban J connectivity index is 2.65. The van der Waals surface area contributed by atoms with Crippen molar-refractivity contribution in [3.8, 4) is 11.3 Å². The number of nitrogen functional groups attached to an aromatic ring is 1. The zero-order valence-electron chi connectivity index (χ0n) is 7.74. The lowest BCUT2D eigenvalue weighted by Gasteiger charge is -2.05. The molecular weight excluding hydrogens is 215 g/mol. The van der Waals surface area contributed by atoms with Crippen LogP contribution < -0.4 is 5.73 Å². The number of nitrogens with two attached hydrogens (primary N) is 1. The van der Waals surface area contributed by atoms with Gasteiger partial charge in [0.05, 0.1) is 16.4 Å². The molecule has 76 valence electrons. The molecule has 4 heteroatoms. The Morgan fingerprint density at radius 3 is 2.73 bits per heavy atom. The van der Waals surface area contributed by atoms with Crippen LogP contribution in [0, 0.1) is 5.82 Å². The van der Waals surface area contributed by atoms with Crippen molar-refractivity contribution >= 4 is 17.3 Å². The molecule has 2 N–H and O–H groups in total. The van der Waals surface area contributed by atoms with Gasteiger partial charge in [0, 0.05) is 11.8 Å². The van der Waals surface area contributed by atoms with Gasteiger partial charge in [0.15, 0.2) is 5.82 Å². The van der Waals surface area contributed by atoms with Crippen LogP contribution in [0.15, 0.2) is 36.5 Å². The average molecular weight is 223 g/mol. The van der Waals surface area contributed by atoms with E-state index in [2.05, 4.69) is 4.98 Å². The summed E-state index contributed by atoms with van der Waals surface area (Å²) in [6.45, 7) is 0. The molecule has 0 fully saturated rings. The van der Waals surface area contributed by atoms with Gasteiger partial charge in [-0.25, -0.2) is 4.39 Å². The summed E-state index contributed by atoms with van der Waals surface area (Å²) in [5, 5.41) is 0.405. The minimum Gasteiger partial charge on any atom is -0.396 e. The van der Waals surface area contributed by atoms with E-state index in [9.17, 15) is 4.39 Å². The van der Waals surface area contributed by atoms with Gasteiger partial charge in [-0.1, -0.05) is 17.7 Å². The van der Waals surface area contributed by atoms with Gasteiger partial charge in [0.2, 0.25) is 0 Å². The molecule has 0 aliphatic carbocycles. The van der Waals surface area contributed by atoms with Gasteiger partial charge in [-0.3, -0.25) is 4.98 Å². The van der Waals surface area contributed by atoms with E-state index in [1.165, 1.54) is 6.07 Å². The van der Waals surface area contributed by atoms with Crippen LogP contribution in [0.25, 0.3) is 11.3 Å². The lowest BCUT2D eigenvalue weighted by molar-refractivity contribution is 0.635. The van der Waals surface area contributed by atoms with Crippen LogP contribution in [-0.2, 0) is 0 Å². The van der Waals surface area contributed by atoms with Crippen molar-refractivity contribution in [3.63, 3.8) is 0 Å². The zero-order chi connectivity index (χ0) is 10.8. The Morgan fingerprint density at radius 1 is 1.20 bits per heavy atom. The smallest absolute Gasteiger partial charge is 0.155 e. The van der Waals surface area contributed by atoms with Crippen LogP contribution in [0.1, 0.15) is 0 Å². The van der Waals surface area contributed by atoms with Crippen molar-refractivity contribution in [2.45, 2.75) is 0 Å².